The van der Waals surface area contributed by atoms with Crippen LogP contribution in [0.15, 0.2) is 6.33 Å². The third-order valence-electron chi connectivity index (χ3n) is 4.87. The number of carbonyl (C=O) groups excluding carboxylic acids is 2. The SMILES string of the molecule is C[C@H]1[C@H](F)[C@H](n2cnc3c(N(C(=O)OC(C)(C)C)C(=O)OC(C)(C)C)nc(Cl)nc32)O[C@@H]1CO. The number of aliphatic hydroxyl groups excluding tert-OH is 1. The fourth-order valence-corrected chi connectivity index (χ4v) is 3.51. The first-order valence-corrected chi connectivity index (χ1v) is 11.1. The number of nitrogens with zero attached hydrogens (tertiary/aromatic N) is 5. The lowest BCUT2D eigenvalue weighted by Gasteiger charge is -2.28. The molecule has 0 aliphatic carbocycles. The van der Waals surface area contributed by atoms with Gasteiger partial charge in [0.2, 0.25) is 5.28 Å². The third kappa shape index (κ3) is 5.39. The largest absolute Gasteiger partial charge is 0.443 e. The van der Waals surface area contributed by atoms with Crippen molar-refractivity contribution in [2.75, 3.05) is 11.5 Å². The van der Waals surface area contributed by atoms with Gasteiger partial charge in [-0.3, -0.25) is 4.57 Å². The molecule has 4 atom stereocenters. The van der Waals surface area contributed by atoms with Crippen LogP contribution >= 0.6 is 11.6 Å². The molecule has 11 nitrogen and oxygen atoms in total. The number of alkyl halides is 1. The zero-order chi connectivity index (χ0) is 25.6. The molecule has 2 aromatic rings. The van der Waals surface area contributed by atoms with E-state index in [1.807, 2.05) is 0 Å². The monoisotopic (exact) mass is 501 g/mol. The van der Waals surface area contributed by atoms with E-state index in [-0.39, 0.29) is 28.9 Å². The summed E-state index contributed by atoms with van der Waals surface area (Å²) in [7, 11) is 0. The fourth-order valence-electron chi connectivity index (χ4n) is 3.35. The molecule has 3 rings (SSSR count). The fraction of sp³-hybridized carbons (Fsp3) is 0.667. The number of hydrogen-bond donors (Lipinski definition) is 1. The molecule has 0 aromatic carbocycles. The number of aromatic nitrogens is 4. The lowest BCUT2D eigenvalue weighted by atomic mass is 10.0. The molecule has 188 valence electrons. The van der Waals surface area contributed by atoms with Crippen LogP contribution in [0.4, 0.5) is 19.8 Å². The zero-order valence-corrected chi connectivity index (χ0v) is 20.8. The highest BCUT2D eigenvalue weighted by Gasteiger charge is 2.44. The topological polar surface area (TPSA) is 129 Å². The molecule has 0 bridgehead atoms. The lowest BCUT2D eigenvalue weighted by Crippen LogP contribution is -2.44. The molecule has 34 heavy (non-hydrogen) atoms. The van der Waals surface area contributed by atoms with E-state index in [1.54, 1.807) is 48.5 Å². The van der Waals surface area contributed by atoms with Crippen molar-refractivity contribution in [2.24, 2.45) is 5.92 Å². The van der Waals surface area contributed by atoms with Crippen LogP contribution in [0.1, 0.15) is 54.7 Å². The lowest BCUT2D eigenvalue weighted by molar-refractivity contribution is -0.0378. The van der Waals surface area contributed by atoms with Crippen LogP contribution in [-0.4, -0.2) is 66.9 Å². The van der Waals surface area contributed by atoms with Gasteiger partial charge in [-0.1, -0.05) is 6.92 Å². The summed E-state index contributed by atoms with van der Waals surface area (Å²) in [5, 5.41) is 9.15. The second-order valence-corrected chi connectivity index (χ2v) is 10.3. The van der Waals surface area contributed by atoms with Crippen molar-refractivity contribution in [1.82, 2.24) is 19.5 Å². The first-order valence-electron chi connectivity index (χ1n) is 10.7. The average molecular weight is 502 g/mol. The molecule has 1 saturated heterocycles. The van der Waals surface area contributed by atoms with E-state index in [4.69, 9.17) is 25.8 Å². The Balaban J connectivity index is 2.13. The highest BCUT2D eigenvalue weighted by Crippen LogP contribution is 2.38. The van der Waals surface area contributed by atoms with Gasteiger partial charge in [0.1, 0.15) is 11.2 Å². The maximum absolute atomic E-state index is 15.0. The molecule has 2 aromatic heterocycles. The molecule has 1 aliphatic heterocycles. The van der Waals surface area contributed by atoms with E-state index in [0.717, 1.165) is 0 Å². The third-order valence-corrected chi connectivity index (χ3v) is 5.04. The van der Waals surface area contributed by atoms with Gasteiger partial charge in [-0.05, 0) is 53.1 Å². The summed E-state index contributed by atoms with van der Waals surface area (Å²) in [5.41, 5.74) is -1.90. The van der Waals surface area contributed by atoms with Gasteiger partial charge in [0.05, 0.1) is 19.0 Å². The van der Waals surface area contributed by atoms with Crippen LogP contribution < -0.4 is 4.90 Å². The van der Waals surface area contributed by atoms with Crippen LogP contribution in [0.25, 0.3) is 11.2 Å². The number of anilines is 1. The number of rotatable bonds is 3. The Labute approximate surface area is 201 Å². The van der Waals surface area contributed by atoms with Crippen LogP contribution in [0.3, 0.4) is 0 Å². The molecule has 1 N–H and O–H groups in total. The summed E-state index contributed by atoms with van der Waals surface area (Å²) in [5.74, 6) is -0.887. The average Bonchev–Trinajstić information content (AvgIpc) is 3.20. The van der Waals surface area contributed by atoms with Crippen molar-refractivity contribution in [1.29, 1.82) is 0 Å². The first kappa shape index (κ1) is 26.0. The normalized spacial score (nSPS) is 23.2. The summed E-state index contributed by atoms with van der Waals surface area (Å²) >= 11 is 6.13. The number of halogens is 2. The van der Waals surface area contributed by atoms with E-state index in [0.29, 0.717) is 4.90 Å². The van der Waals surface area contributed by atoms with E-state index in [1.165, 1.54) is 10.9 Å². The summed E-state index contributed by atoms with van der Waals surface area (Å²) in [6.07, 6.45) is -4.27. The van der Waals surface area contributed by atoms with E-state index >= 15 is 0 Å². The molecule has 0 saturated carbocycles. The van der Waals surface area contributed by atoms with Gasteiger partial charge in [-0.25, -0.2) is 19.0 Å². The number of imide groups is 1. The minimum absolute atomic E-state index is 0.0190. The van der Waals surface area contributed by atoms with Crippen LogP contribution in [0.5, 0.6) is 0 Å². The Hall–Kier alpha value is -2.57. The van der Waals surface area contributed by atoms with Crippen LogP contribution in [-0.2, 0) is 14.2 Å². The number of ether oxygens (including phenoxy) is 3. The molecule has 1 aliphatic rings. The van der Waals surface area contributed by atoms with Crippen LogP contribution in [0.2, 0.25) is 5.28 Å². The van der Waals surface area contributed by atoms with Gasteiger partial charge in [-0.2, -0.15) is 14.9 Å². The van der Waals surface area contributed by atoms with Crippen molar-refractivity contribution in [3.8, 4) is 0 Å². The van der Waals surface area contributed by atoms with Crippen molar-refractivity contribution in [2.45, 2.75) is 78.2 Å². The molecule has 0 spiro atoms. The van der Waals surface area contributed by atoms with E-state index in [9.17, 15) is 19.1 Å². The van der Waals surface area contributed by atoms with Gasteiger partial charge in [0.15, 0.2) is 29.4 Å². The minimum Gasteiger partial charge on any atom is -0.443 e. The Morgan fingerprint density at radius 2 is 1.74 bits per heavy atom. The van der Waals surface area contributed by atoms with Gasteiger partial charge >= 0.3 is 12.2 Å². The summed E-state index contributed by atoms with van der Waals surface area (Å²) in [6.45, 7) is 11.0. The number of hydrogen-bond acceptors (Lipinski definition) is 9. The van der Waals surface area contributed by atoms with E-state index in [2.05, 4.69) is 15.0 Å². The molecule has 3 heterocycles. The summed E-state index contributed by atoms with van der Waals surface area (Å²) in [6, 6.07) is 0. The number of carbonyl (C=O) groups is 2. The first-order chi connectivity index (χ1) is 15.6. The molecule has 0 unspecified atom stereocenters. The van der Waals surface area contributed by atoms with Crippen molar-refractivity contribution in [3.05, 3.63) is 11.6 Å². The maximum Gasteiger partial charge on any atom is 0.425 e. The van der Waals surface area contributed by atoms with Gasteiger partial charge in [0, 0.05) is 5.92 Å². The Bertz CT molecular complexity index is 1050. The second kappa shape index (κ2) is 9.23. The van der Waals surface area contributed by atoms with Gasteiger partial charge < -0.3 is 19.3 Å². The van der Waals surface area contributed by atoms with Crippen molar-refractivity contribution in [3.63, 3.8) is 0 Å². The predicted octanol–water partition coefficient (Wildman–Crippen LogP) is 4.02. The quantitative estimate of drug-likeness (QED) is 0.619. The van der Waals surface area contributed by atoms with Crippen molar-refractivity contribution < 1.29 is 33.3 Å². The summed E-state index contributed by atoms with van der Waals surface area (Å²) < 4.78 is 32.7. The standard InChI is InChI=1S/C21H29ClFN5O6/c1-10-11(8-29)32-16(12(10)23)27-9-24-13-14(27)25-17(22)26-15(13)28(18(30)33-20(2,3)4)19(31)34-21(5,6)7/h9-12,16,29H,8H2,1-7H3/t10-,11-,12+,16-/m1/s1. The Kier molecular flexibility index (Phi) is 7.07. The molecule has 1 fully saturated rings. The maximum atomic E-state index is 15.0. The summed E-state index contributed by atoms with van der Waals surface area (Å²) in [4.78, 5) is 39.0. The smallest absolute Gasteiger partial charge is 0.425 e. The predicted molar refractivity (Wildman–Crippen MR) is 120 cm³/mol. The van der Waals surface area contributed by atoms with Crippen LogP contribution in [0, 0.1) is 5.92 Å². The molecule has 13 heteroatoms. The zero-order valence-electron chi connectivity index (χ0n) is 20.1. The number of fused-ring (bicyclic) bond motifs is 1. The highest BCUT2D eigenvalue weighted by molar-refractivity contribution is 6.29. The van der Waals surface area contributed by atoms with Gasteiger partial charge in [0.25, 0.3) is 0 Å². The molecule has 0 radical (unpaired) electrons. The second-order valence-electron chi connectivity index (χ2n) is 9.99. The Morgan fingerprint density at radius 3 is 2.21 bits per heavy atom. The highest BCUT2D eigenvalue weighted by atomic mass is 35.5. The van der Waals surface area contributed by atoms with Crippen molar-refractivity contribution >= 4 is 40.8 Å². The number of aliphatic hydroxyl groups is 1. The van der Waals surface area contributed by atoms with E-state index < -0.39 is 47.8 Å². The number of amides is 2. The molecular weight excluding hydrogens is 473 g/mol. The molecular formula is C21H29ClFN5O6. The Morgan fingerprint density at radius 1 is 1.18 bits per heavy atom. The van der Waals surface area contributed by atoms with Gasteiger partial charge in [-0.15, -0.1) is 0 Å². The number of imidazole rings is 1. The molecule has 2 amide bonds. The minimum atomic E-state index is -1.49.